The van der Waals surface area contributed by atoms with Gasteiger partial charge in [-0.25, -0.2) is 0 Å². The van der Waals surface area contributed by atoms with Gasteiger partial charge in [0.2, 0.25) is 0 Å². The first kappa shape index (κ1) is 10.2. The minimum Gasteiger partial charge on any atom is -0.336 e. The molecule has 1 aliphatic rings. The van der Waals surface area contributed by atoms with Crippen LogP contribution in [0.5, 0.6) is 0 Å². The Balaban J connectivity index is 2.03. The zero-order valence-corrected chi connectivity index (χ0v) is 8.81. The van der Waals surface area contributed by atoms with Crippen molar-refractivity contribution in [2.75, 3.05) is 13.1 Å². The molecule has 0 radical (unpaired) electrons. The highest BCUT2D eigenvalue weighted by atomic mass is 16.2. The molecule has 1 aromatic heterocycles. The fourth-order valence-corrected chi connectivity index (χ4v) is 1.83. The zero-order chi connectivity index (χ0) is 10.8. The Morgan fingerprint density at radius 2 is 2.53 bits per heavy atom. The van der Waals surface area contributed by atoms with E-state index >= 15 is 0 Å². The maximum Gasteiger partial charge on any atom is 0.271 e. The molecule has 82 valence electrons. The molecule has 5 nitrogen and oxygen atoms in total. The van der Waals surface area contributed by atoms with E-state index in [-0.39, 0.29) is 11.9 Å². The van der Waals surface area contributed by atoms with Crippen LogP contribution < -0.4 is 5.73 Å². The average molecular weight is 208 g/mol. The van der Waals surface area contributed by atoms with Crippen LogP contribution in [0, 0.1) is 5.92 Å². The van der Waals surface area contributed by atoms with E-state index in [2.05, 4.69) is 17.1 Å². The van der Waals surface area contributed by atoms with E-state index in [0.29, 0.717) is 18.2 Å². The number of aromatic nitrogens is 2. The van der Waals surface area contributed by atoms with Gasteiger partial charge >= 0.3 is 0 Å². The molecule has 0 bridgehead atoms. The van der Waals surface area contributed by atoms with Crippen molar-refractivity contribution in [3.63, 3.8) is 0 Å². The molecule has 1 fully saturated rings. The van der Waals surface area contributed by atoms with Gasteiger partial charge < -0.3 is 10.6 Å². The lowest BCUT2D eigenvalue weighted by molar-refractivity contribution is 0.0666. The lowest BCUT2D eigenvalue weighted by Gasteiger charge is -2.34. The molecule has 15 heavy (non-hydrogen) atoms. The van der Waals surface area contributed by atoms with Crippen molar-refractivity contribution in [3.8, 4) is 0 Å². The van der Waals surface area contributed by atoms with Crippen LogP contribution in [0.2, 0.25) is 0 Å². The Kier molecular flexibility index (Phi) is 2.73. The number of nitrogens with one attached hydrogen (secondary N) is 1. The summed E-state index contributed by atoms with van der Waals surface area (Å²) in [5.74, 6) is 0.491. The number of H-pyrrole nitrogens is 1. The molecule has 2 rings (SSSR count). The van der Waals surface area contributed by atoms with Gasteiger partial charge in [0.05, 0.1) is 0 Å². The van der Waals surface area contributed by atoms with E-state index in [4.69, 9.17) is 5.73 Å². The summed E-state index contributed by atoms with van der Waals surface area (Å²) < 4.78 is 0. The Hall–Kier alpha value is -1.36. The molecule has 0 aliphatic carbocycles. The monoisotopic (exact) mass is 208 g/mol. The normalized spacial score (nSPS) is 26.7. The molecule has 2 atom stereocenters. The Labute approximate surface area is 88.6 Å². The summed E-state index contributed by atoms with van der Waals surface area (Å²) in [4.78, 5) is 13.7. The highest BCUT2D eigenvalue weighted by Gasteiger charge is 2.27. The van der Waals surface area contributed by atoms with Crippen molar-refractivity contribution in [1.29, 1.82) is 0 Å². The Bertz CT molecular complexity index is 335. The topological polar surface area (TPSA) is 75.0 Å². The van der Waals surface area contributed by atoms with Crippen LogP contribution in [0.25, 0.3) is 0 Å². The first-order valence-electron chi connectivity index (χ1n) is 5.22. The van der Waals surface area contributed by atoms with E-state index in [1.165, 1.54) is 0 Å². The van der Waals surface area contributed by atoms with Gasteiger partial charge in [0.15, 0.2) is 0 Å². The van der Waals surface area contributed by atoms with Crippen molar-refractivity contribution >= 4 is 5.91 Å². The lowest BCUT2D eigenvalue weighted by Crippen LogP contribution is -2.49. The minimum absolute atomic E-state index is 0.00477. The standard InChI is InChI=1S/C10H16N4O/c1-7-3-5-14(6-8(7)11)10(15)9-2-4-12-13-9/h2,4,7-8H,3,5-6,11H2,1H3,(H,12,13). The summed E-state index contributed by atoms with van der Waals surface area (Å²) in [5, 5.41) is 6.45. The van der Waals surface area contributed by atoms with Gasteiger partial charge in [-0.3, -0.25) is 9.89 Å². The number of carbonyl (C=O) groups is 1. The van der Waals surface area contributed by atoms with Gasteiger partial charge in [-0.2, -0.15) is 5.10 Å². The predicted octanol–water partition coefficient (Wildman–Crippen LogP) is 0.219. The molecule has 0 aromatic carbocycles. The van der Waals surface area contributed by atoms with Crippen molar-refractivity contribution in [1.82, 2.24) is 15.1 Å². The molecule has 1 saturated heterocycles. The van der Waals surface area contributed by atoms with Crippen LogP contribution >= 0.6 is 0 Å². The number of carbonyl (C=O) groups excluding carboxylic acids is 1. The molecule has 0 spiro atoms. The summed E-state index contributed by atoms with van der Waals surface area (Å²) in [6.07, 6.45) is 2.56. The first-order valence-corrected chi connectivity index (χ1v) is 5.22. The van der Waals surface area contributed by atoms with E-state index in [1.54, 1.807) is 17.2 Å². The predicted molar refractivity (Wildman–Crippen MR) is 56.2 cm³/mol. The number of nitrogens with zero attached hydrogens (tertiary/aromatic N) is 2. The number of piperidine rings is 1. The number of hydrogen-bond acceptors (Lipinski definition) is 3. The van der Waals surface area contributed by atoms with Gasteiger partial charge in [0, 0.05) is 25.3 Å². The number of likely N-dealkylation sites (tertiary alicyclic amines) is 1. The average Bonchev–Trinajstić information content (AvgIpc) is 2.74. The summed E-state index contributed by atoms with van der Waals surface area (Å²) >= 11 is 0. The first-order chi connectivity index (χ1) is 7.18. The highest BCUT2D eigenvalue weighted by Crippen LogP contribution is 2.16. The number of hydrogen-bond donors (Lipinski definition) is 2. The number of aromatic amines is 1. The van der Waals surface area contributed by atoms with Crippen molar-refractivity contribution in [2.45, 2.75) is 19.4 Å². The van der Waals surface area contributed by atoms with Crippen molar-refractivity contribution < 1.29 is 4.79 Å². The third kappa shape index (κ3) is 2.02. The molecular weight excluding hydrogens is 192 g/mol. The minimum atomic E-state index is -0.00477. The maximum atomic E-state index is 11.9. The Morgan fingerprint density at radius 3 is 3.13 bits per heavy atom. The summed E-state index contributed by atoms with van der Waals surface area (Å²) in [6.45, 7) is 3.55. The van der Waals surface area contributed by atoms with Gasteiger partial charge in [0.1, 0.15) is 5.69 Å². The highest BCUT2D eigenvalue weighted by molar-refractivity contribution is 5.92. The van der Waals surface area contributed by atoms with Crippen molar-refractivity contribution in [3.05, 3.63) is 18.0 Å². The Morgan fingerprint density at radius 1 is 1.73 bits per heavy atom. The largest absolute Gasteiger partial charge is 0.336 e. The number of rotatable bonds is 1. The van der Waals surface area contributed by atoms with Crippen molar-refractivity contribution in [2.24, 2.45) is 11.7 Å². The molecule has 1 amide bonds. The van der Waals surface area contributed by atoms with Gasteiger partial charge in [-0.1, -0.05) is 6.92 Å². The second kappa shape index (κ2) is 4.02. The zero-order valence-electron chi connectivity index (χ0n) is 8.81. The number of nitrogens with two attached hydrogens (primary N) is 1. The lowest BCUT2D eigenvalue weighted by atomic mass is 9.94. The van der Waals surface area contributed by atoms with E-state index < -0.39 is 0 Å². The molecule has 5 heteroatoms. The molecule has 2 unspecified atom stereocenters. The third-order valence-corrected chi connectivity index (χ3v) is 3.03. The maximum absolute atomic E-state index is 11.9. The smallest absolute Gasteiger partial charge is 0.271 e. The van der Waals surface area contributed by atoms with E-state index in [0.717, 1.165) is 13.0 Å². The van der Waals surface area contributed by atoms with Crippen LogP contribution in [0.3, 0.4) is 0 Å². The molecule has 3 N–H and O–H groups in total. The molecular formula is C10H16N4O. The summed E-state index contributed by atoms with van der Waals surface area (Å²) in [5.41, 5.74) is 6.48. The second-order valence-electron chi connectivity index (χ2n) is 4.15. The van der Waals surface area contributed by atoms with Gasteiger partial charge in [-0.15, -0.1) is 0 Å². The van der Waals surface area contributed by atoms with Crippen LogP contribution in [0.15, 0.2) is 12.3 Å². The van der Waals surface area contributed by atoms with Gasteiger partial charge in [-0.05, 0) is 18.4 Å². The quantitative estimate of drug-likeness (QED) is 0.693. The SMILES string of the molecule is CC1CCN(C(=O)c2ccn[nH]2)CC1N. The number of amides is 1. The molecule has 1 aromatic rings. The second-order valence-corrected chi connectivity index (χ2v) is 4.15. The molecule has 0 saturated carbocycles. The molecule has 1 aliphatic heterocycles. The third-order valence-electron chi connectivity index (χ3n) is 3.03. The van der Waals surface area contributed by atoms with E-state index in [9.17, 15) is 4.79 Å². The fraction of sp³-hybridized carbons (Fsp3) is 0.600. The van der Waals surface area contributed by atoms with Crippen LogP contribution in [0.4, 0.5) is 0 Å². The van der Waals surface area contributed by atoms with E-state index in [1.807, 2.05) is 0 Å². The molecule has 2 heterocycles. The van der Waals surface area contributed by atoms with Crippen LogP contribution in [-0.4, -0.2) is 40.1 Å². The van der Waals surface area contributed by atoms with Gasteiger partial charge in [0.25, 0.3) is 5.91 Å². The fourth-order valence-electron chi connectivity index (χ4n) is 1.83. The summed E-state index contributed by atoms with van der Waals surface area (Å²) in [6, 6.07) is 1.77. The summed E-state index contributed by atoms with van der Waals surface area (Å²) in [7, 11) is 0. The van der Waals surface area contributed by atoms with Crippen LogP contribution in [-0.2, 0) is 0 Å². The van der Waals surface area contributed by atoms with Crippen LogP contribution in [0.1, 0.15) is 23.8 Å².